The highest BCUT2D eigenvalue weighted by Gasteiger charge is 2.37. The first-order valence-electron chi connectivity index (χ1n) is 10.3. The van der Waals surface area contributed by atoms with Crippen LogP contribution >= 0.6 is 0 Å². The van der Waals surface area contributed by atoms with Gasteiger partial charge in [0.2, 0.25) is 5.91 Å². The van der Waals surface area contributed by atoms with Crippen LogP contribution in [0.4, 0.5) is 5.69 Å². The Labute approximate surface area is 160 Å². The summed E-state index contributed by atoms with van der Waals surface area (Å²) >= 11 is 0. The fourth-order valence-corrected chi connectivity index (χ4v) is 4.70. The Balaban J connectivity index is 1.24. The van der Waals surface area contributed by atoms with Gasteiger partial charge in [0.05, 0.1) is 0 Å². The maximum atomic E-state index is 13.2. The second kappa shape index (κ2) is 6.98. The minimum Gasteiger partial charge on any atom is -0.360 e. The third-order valence-corrected chi connectivity index (χ3v) is 6.34. The molecule has 0 spiro atoms. The van der Waals surface area contributed by atoms with E-state index in [4.69, 9.17) is 0 Å². The number of carbonyl (C=O) groups is 1. The van der Waals surface area contributed by atoms with Crippen molar-refractivity contribution in [2.24, 2.45) is 0 Å². The maximum absolute atomic E-state index is 13.2. The number of rotatable bonds is 4. The first kappa shape index (κ1) is 16.8. The van der Waals surface area contributed by atoms with Gasteiger partial charge in [-0.3, -0.25) is 4.79 Å². The van der Waals surface area contributed by atoms with E-state index in [-0.39, 0.29) is 6.04 Å². The quantitative estimate of drug-likeness (QED) is 0.836. The van der Waals surface area contributed by atoms with Gasteiger partial charge in [-0.25, -0.2) is 0 Å². The molecule has 5 rings (SSSR count). The molecule has 27 heavy (non-hydrogen) atoms. The number of likely N-dealkylation sites (tertiary alicyclic amines) is 1. The highest BCUT2D eigenvalue weighted by Crippen LogP contribution is 2.38. The van der Waals surface area contributed by atoms with Crippen LogP contribution in [0.15, 0.2) is 36.7 Å². The van der Waals surface area contributed by atoms with E-state index in [0.717, 1.165) is 51.1 Å². The molecule has 1 aliphatic carbocycles. The lowest BCUT2D eigenvalue weighted by Crippen LogP contribution is -2.48. The molecule has 1 aromatic heterocycles. The molecule has 6 heteroatoms. The van der Waals surface area contributed by atoms with E-state index < -0.39 is 0 Å². The lowest BCUT2D eigenvalue weighted by molar-refractivity contribution is -0.133. The molecule has 142 valence electrons. The Morgan fingerprint density at radius 2 is 1.74 bits per heavy atom. The summed E-state index contributed by atoms with van der Waals surface area (Å²) in [6, 6.07) is 11.0. The van der Waals surface area contributed by atoms with Crippen molar-refractivity contribution in [3.05, 3.63) is 42.5 Å². The van der Waals surface area contributed by atoms with E-state index >= 15 is 0 Å². The second-order valence-corrected chi connectivity index (χ2v) is 8.11. The summed E-state index contributed by atoms with van der Waals surface area (Å²) in [5.74, 6) is 1.88. The van der Waals surface area contributed by atoms with Crippen molar-refractivity contribution in [3.8, 4) is 0 Å². The zero-order chi connectivity index (χ0) is 18.2. The van der Waals surface area contributed by atoms with Gasteiger partial charge in [0, 0.05) is 37.3 Å². The number of hydrogen-bond donors (Lipinski definition) is 0. The van der Waals surface area contributed by atoms with Crippen molar-refractivity contribution in [3.63, 3.8) is 0 Å². The van der Waals surface area contributed by atoms with Crippen LogP contribution in [-0.4, -0.2) is 51.2 Å². The zero-order valence-electron chi connectivity index (χ0n) is 15.7. The number of amides is 1. The largest absolute Gasteiger partial charge is 0.360 e. The Morgan fingerprint density at radius 3 is 2.48 bits per heavy atom. The van der Waals surface area contributed by atoms with Gasteiger partial charge in [-0.15, -0.1) is 10.2 Å². The van der Waals surface area contributed by atoms with Gasteiger partial charge in [-0.05, 0) is 50.7 Å². The Hall–Kier alpha value is -2.37. The molecule has 6 nitrogen and oxygen atoms in total. The van der Waals surface area contributed by atoms with E-state index in [1.807, 2.05) is 12.4 Å². The molecule has 3 aliphatic rings. The predicted molar refractivity (Wildman–Crippen MR) is 104 cm³/mol. The first-order valence-corrected chi connectivity index (χ1v) is 10.3. The molecule has 3 heterocycles. The molecule has 2 saturated heterocycles. The lowest BCUT2D eigenvalue weighted by Gasteiger charge is -2.36. The number of anilines is 1. The van der Waals surface area contributed by atoms with Gasteiger partial charge < -0.3 is 14.4 Å². The van der Waals surface area contributed by atoms with Gasteiger partial charge in [-0.1, -0.05) is 18.2 Å². The number of para-hydroxylation sites is 1. The molecular formula is C21H27N5O. The molecule has 1 atom stereocenters. The van der Waals surface area contributed by atoms with Crippen LogP contribution in [0.5, 0.6) is 0 Å². The third kappa shape index (κ3) is 3.22. The molecule has 0 radical (unpaired) electrons. The molecule has 1 saturated carbocycles. The van der Waals surface area contributed by atoms with Crippen LogP contribution in [-0.2, 0) is 4.79 Å². The molecule has 1 unspecified atom stereocenters. The highest BCUT2D eigenvalue weighted by atomic mass is 16.2. The molecule has 3 fully saturated rings. The standard InChI is InChI=1S/C21H27N5O/c27-21(19-7-4-12-25(19)17-5-2-1-3-6-17)24-13-10-16(11-14-24)20-23-22-15-26(20)18-8-9-18/h1-3,5-6,15-16,18-19H,4,7-14H2. The predicted octanol–water partition coefficient (Wildman–Crippen LogP) is 2.99. The highest BCUT2D eigenvalue weighted by molar-refractivity contribution is 5.86. The van der Waals surface area contributed by atoms with Crippen molar-refractivity contribution in [1.29, 1.82) is 0 Å². The summed E-state index contributed by atoms with van der Waals surface area (Å²) < 4.78 is 2.27. The SMILES string of the molecule is O=C(C1CCCN1c1ccccc1)N1CCC(c2nncn2C2CC2)CC1. The Bertz CT molecular complexity index is 792. The van der Waals surface area contributed by atoms with Crippen LogP contribution in [0.1, 0.15) is 56.3 Å². The molecular weight excluding hydrogens is 338 g/mol. The van der Waals surface area contributed by atoms with E-state index in [1.165, 1.54) is 18.5 Å². The van der Waals surface area contributed by atoms with Gasteiger partial charge in [0.15, 0.2) is 0 Å². The number of benzene rings is 1. The van der Waals surface area contributed by atoms with Gasteiger partial charge >= 0.3 is 0 Å². The van der Waals surface area contributed by atoms with Crippen molar-refractivity contribution in [2.45, 2.75) is 56.5 Å². The average Bonchev–Trinajstić information content (AvgIpc) is 3.25. The monoisotopic (exact) mass is 365 g/mol. The van der Waals surface area contributed by atoms with E-state index in [1.54, 1.807) is 0 Å². The number of carbonyl (C=O) groups excluding carboxylic acids is 1. The number of nitrogens with zero attached hydrogens (tertiary/aromatic N) is 5. The van der Waals surface area contributed by atoms with E-state index in [0.29, 0.717) is 17.9 Å². The number of aromatic nitrogens is 3. The van der Waals surface area contributed by atoms with Crippen LogP contribution in [0.3, 0.4) is 0 Å². The molecule has 0 N–H and O–H groups in total. The van der Waals surface area contributed by atoms with Crippen LogP contribution in [0, 0.1) is 0 Å². The molecule has 1 aromatic carbocycles. The first-order chi connectivity index (χ1) is 13.3. The van der Waals surface area contributed by atoms with Crippen molar-refractivity contribution >= 4 is 11.6 Å². The summed E-state index contributed by atoms with van der Waals surface area (Å²) in [6.45, 7) is 2.64. The molecule has 0 bridgehead atoms. The summed E-state index contributed by atoms with van der Waals surface area (Å²) in [4.78, 5) is 17.6. The fraction of sp³-hybridized carbons (Fsp3) is 0.571. The van der Waals surface area contributed by atoms with Crippen molar-refractivity contribution < 1.29 is 4.79 Å². The Kier molecular flexibility index (Phi) is 4.34. The minimum atomic E-state index is -0.000864. The molecule has 2 aromatic rings. The normalized spacial score (nSPS) is 23.8. The van der Waals surface area contributed by atoms with Crippen LogP contribution in [0.2, 0.25) is 0 Å². The van der Waals surface area contributed by atoms with Gasteiger partial charge in [0.25, 0.3) is 0 Å². The molecule has 1 amide bonds. The number of hydrogen-bond acceptors (Lipinski definition) is 4. The second-order valence-electron chi connectivity index (χ2n) is 8.11. The summed E-state index contributed by atoms with van der Waals surface area (Å²) in [7, 11) is 0. The zero-order valence-corrected chi connectivity index (χ0v) is 15.7. The van der Waals surface area contributed by atoms with Crippen molar-refractivity contribution in [1.82, 2.24) is 19.7 Å². The van der Waals surface area contributed by atoms with Gasteiger partial charge in [0.1, 0.15) is 18.2 Å². The minimum absolute atomic E-state index is 0.000864. The van der Waals surface area contributed by atoms with Crippen LogP contribution < -0.4 is 4.90 Å². The van der Waals surface area contributed by atoms with E-state index in [2.05, 4.69) is 48.8 Å². The topological polar surface area (TPSA) is 54.3 Å². The fourth-order valence-electron chi connectivity index (χ4n) is 4.70. The number of piperidine rings is 1. The van der Waals surface area contributed by atoms with E-state index in [9.17, 15) is 4.79 Å². The Morgan fingerprint density at radius 1 is 0.963 bits per heavy atom. The van der Waals surface area contributed by atoms with Gasteiger partial charge in [-0.2, -0.15) is 0 Å². The summed E-state index contributed by atoms with van der Waals surface area (Å²) in [6.07, 6.45) is 8.43. The average molecular weight is 365 g/mol. The summed E-state index contributed by atoms with van der Waals surface area (Å²) in [5.41, 5.74) is 1.17. The van der Waals surface area contributed by atoms with Crippen LogP contribution in [0.25, 0.3) is 0 Å². The smallest absolute Gasteiger partial charge is 0.245 e. The summed E-state index contributed by atoms with van der Waals surface area (Å²) in [5, 5.41) is 8.55. The molecule has 2 aliphatic heterocycles. The van der Waals surface area contributed by atoms with Crippen molar-refractivity contribution in [2.75, 3.05) is 24.5 Å². The third-order valence-electron chi connectivity index (χ3n) is 6.34. The lowest BCUT2D eigenvalue weighted by atomic mass is 9.95. The maximum Gasteiger partial charge on any atom is 0.245 e.